The van der Waals surface area contributed by atoms with E-state index >= 15 is 0 Å². The van der Waals surface area contributed by atoms with E-state index in [4.69, 9.17) is 17.0 Å². The number of rotatable bonds is 5. The molecule has 10 heteroatoms. The first-order valence-electron chi connectivity index (χ1n) is 7.79. The van der Waals surface area contributed by atoms with Gasteiger partial charge in [0.15, 0.2) is 4.77 Å². The molecule has 1 aliphatic heterocycles. The lowest BCUT2D eigenvalue weighted by Crippen LogP contribution is -2.30. The van der Waals surface area contributed by atoms with E-state index in [1.165, 1.54) is 18.3 Å². The number of ether oxygens (including phenoxy) is 1. The summed E-state index contributed by atoms with van der Waals surface area (Å²) in [6, 6.07) is 5.36. The summed E-state index contributed by atoms with van der Waals surface area (Å²) in [6.45, 7) is 3.69. The van der Waals surface area contributed by atoms with Crippen LogP contribution in [0.3, 0.4) is 0 Å². The van der Waals surface area contributed by atoms with Gasteiger partial charge in [0.2, 0.25) is 0 Å². The minimum atomic E-state index is -4.57. The van der Waals surface area contributed by atoms with Gasteiger partial charge in [-0.25, -0.2) is 4.79 Å². The van der Waals surface area contributed by atoms with Gasteiger partial charge >= 0.3 is 17.8 Å². The third-order valence-corrected chi connectivity index (χ3v) is 4.49. The van der Waals surface area contributed by atoms with E-state index in [-0.39, 0.29) is 17.9 Å². The van der Waals surface area contributed by atoms with Gasteiger partial charge < -0.3 is 14.3 Å². The number of halogens is 3. The van der Waals surface area contributed by atoms with Crippen LogP contribution in [0, 0.1) is 4.77 Å². The fourth-order valence-corrected chi connectivity index (χ4v) is 3.03. The average Bonchev–Trinajstić information content (AvgIpc) is 3.32. The number of imidazole rings is 1. The molecule has 1 N–H and O–H groups in total. The monoisotopic (exact) mass is 384 g/mol. The summed E-state index contributed by atoms with van der Waals surface area (Å²) >= 11 is 5.22. The molecule has 2 heterocycles. The van der Waals surface area contributed by atoms with Gasteiger partial charge in [-0.2, -0.15) is 13.2 Å². The second-order valence-corrected chi connectivity index (χ2v) is 6.12. The highest BCUT2D eigenvalue weighted by atomic mass is 32.1. The van der Waals surface area contributed by atoms with Crippen molar-refractivity contribution < 1.29 is 22.7 Å². The zero-order valence-corrected chi connectivity index (χ0v) is 14.7. The van der Waals surface area contributed by atoms with Crippen LogP contribution < -0.4 is 0 Å². The highest BCUT2D eigenvalue weighted by molar-refractivity contribution is 7.71. The summed E-state index contributed by atoms with van der Waals surface area (Å²) in [5.74, 6) is -0.532. The smallest absolute Gasteiger partial charge is 0.442 e. The largest absolute Gasteiger partial charge is 0.461 e. The third-order valence-electron chi connectivity index (χ3n) is 4.17. The van der Waals surface area contributed by atoms with Gasteiger partial charge in [0, 0.05) is 11.8 Å². The summed E-state index contributed by atoms with van der Waals surface area (Å²) in [5, 5.41) is 6.37. The molecule has 3 rings (SSSR count). The molecule has 1 aromatic heterocycles. The van der Waals surface area contributed by atoms with Crippen molar-refractivity contribution in [2.45, 2.75) is 31.7 Å². The maximum atomic E-state index is 13.1. The van der Waals surface area contributed by atoms with E-state index in [0.717, 1.165) is 0 Å². The Morgan fingerprint density at radius 2 is 1.96 bits per heavy atom. The Morgan fingerprint density at radius 3 is 2.46 bits per heavy atom. The molecule has 0 radical (unpaired) electrons. The Bertz CT molecular complexity index is 909. The van der Waals surface area contributed by atoms with E-state index < -0.39 is 23.9 Å². The van der Waals surface area contributed by atoms with E-state index in [0.29, 0.717) is 10.3 Å². The van der Waals surface area contributed by atoms with Crippen LogP contribution in [0.1, 0.15) is 41.5 Å². The number of hydrogen-bond acceptors (Lipinski definition) is 5. The molecule has 2 aromatic rings. The van der Waals surface area contributed by atoms with Gasteiger partial charge in [-0.1, -0.05) is 24.3 Å². The zero-order chi connectivity index (χ0) is 19.1. The Hall–Kier alpha value is -2.49. The topological polar surface area (TPSA) is 71.7 Å². The van der Waals surface area contributed by atoms with Crippen LogP contribution in [0.4, 0.5) is 13.2 Å². The van der Waals surface area contributed by atoms with Gasteiger partial charge in [-0.15, -0.1) is 10.2 Å². The first kappa shape index (κ1) is 18.3. The molecular weight excluding hydrogens is 369 g/mol. The van der Waals surface area contributed by atoms with E-state index in [9.17, 15) is 18.0 Å². The Balaban J connectivity index is 1.91. The molecule has 1 unspecified atom stereocenters. The lowest BCUT2D eigenvalue weighted by molar-refractivity contribution is -0.166. The van der Waals surface area contributed by atoms with Crippen molar-refractivity contribution in [3.8, 4) is 0 Å². The first-order chi connectivity index (χ1) is 12.2. The van der Waals surface area contributed by atoms with Crippen LogP contribution in [0.15, 0.2) is 40.7 Å². The number of nitrogens with zero attached hydrogens (tertiary/aromatic N) is 3. The number of nitrogens with one attached hydrogen (secondary N) is 1. The molecule has 0 amide bonds. The quantitative estimate of drug-likeness (QED) is 0.609. The summed E-state index contributed by atoms with van der Waals surface area (Å²) in [6.07, 6.45) is -3.12. The van der Waals surface area contributed by atoms with Gasteiger partial charge in [-0.3, -0.25) is 0 Å². The molecule has 138 valence electrons. The molecule has 0 saturated heterocycles. The molecule has 6 nitrogen and oxygen atoms in total. The van der Waals surface area contributed by atoms with Crippen molar-refractivity contribution in [3.05, 3.63) is 52.1 Å². The lowest BCUT2D eigenvalue weighted by atomic mass is 9.99. The average molecular weight is 384 g/mol. The minimum absolute atomic E-state index is 0.0516. The molecule has 0 aliphatic carbocycles. The van der Waals surface area contributed by atoms with Gasteiger partial charge in [0.25, 0.3) is 0 Å². The zero-order valence-electron chi connectivity index (χ0n) is 13.9. The molecule has 0 saturated carbocycles. The third kappa shape index (κ3) is 2.94. The van der Waals surface area contributed by atoms with E-state index in [2.05, 4.69) is 15.2 Å². The van der Waals surface area contributed by atoms with Crippen molar-refractivity contribution >= 4 is 18.2 Å². The van der Waals surface area contributed by atoms with Crippen molar-refractivity contribution in [1.29, 1.82) is 0 Å². The summed E-state index contributed by atoms with van der Waals surface area (Å²) < 4.78 is 46.1. The number of hydrogen-bond donors (Lipinski definition) is 1. The summed E-state index contributed by atoms with van der Waals surface area (Å²) in [7, 11) is 0. The number of esters is 1. The fraction of sp³-hybridized carbons (Fsp3) is 0.375. The molecule has 26 heavy (non-hydrogen) atoms. The normalized spacial score (nSPS) is 16.3. The second-order valence-electron chi connectivity index (χ2n) is 5.74. The first-order valence-corrected chi connectivity index (χ1v) is 8.20. The number of aromatic amines is 1. The van der Waals surface area contributed by atoms with Crippen molar-refractivity contribution in [3.63, 3.8) is 0 Å². The standard InChI is InChI=1S/C16H15F3N4O2S/c1-3-25-13(24)12-8-20-14(26)23(12)9(2)10-4-6-11(7-5-10)15(21-22-15)16(17,18)19/h4-9H,3H2,1-2H3,(H,20,26). The molecule has 0 spiro atoms. The molecule has 0 bridgehead atoms. The predicted octanol–water partition coefficient (Wildman–Crippen LogP) is 4.51. The number of H-pyrrole nitrogens is 1. The Labute approximate surface area is 151 Å². The van der Waals surface area contributed by atoms with Crippen LogP contribution in [-0.2, 0) is 10.4 Å². The lowest BCUT2D eigenvalue weighted by Gasteiger charge is -2.19. The number of benzene rings is 1. The number of carbonyl (C=O) groups is 1. The van der Waals surface area contributed by atoms with Gasteiger partial charge in [-0.05, 0) is 31.6 Å². The van der Waals surface area contributed by atoms with Gasteiger partial charge in [0.05, 0.1) is 12.6 Å². The summed E-state index contributed by atoms with van der Waals surface area (Å²) in [5.41, 5.74) is -1.58. The van der Waals surface area contributed by atoms with Gasteiger partial charge in [0.1, 0.15) is 5.69 Å². The highest BCUT2D eigenvalue weighted by Crippen LogP contribution is 2.52. The number of carbonyl (C=O) groups excluding carboxylic acids is 1. The molecule has 1 aromatic carbocycles. The number of aromatic nitrogens is 2. The SMILES string of the molecule is CCOC(=O)c1c[nH]c(=S)n1C(C)c1ccc(C2(C(F)(F)F)N=N2)cc1. The maximum Gasteiger partial charge on any atom is 0.442 e. The Morgan fingerprint density at radius 1 is 1.35 bits per heavy atom. The molecule has 0 fully saturated rings. The molecule has 1 aliphatic rings. The maximum absolute atomic E-state index is 13.1. The van der Waals surface area contributed by atoms with E-state index in [1.54, 1.807) is 30.5 Å². The van der Waals surface area contributed by atoms with E-state index in [1.807, 2.05) is 0 Å². The minimum Gasteiger partial charge on any atom is -0.461 e. The van der Waals surface area contributed by atoms with Crippen LogP contribution in [0.2, 0.25) is 0 Å². The Kier molecular flexibility index (Phi) is 4.47. The van der Waals surface area contributed by atoms with Crippen molar-refractivity contribution in [2.24, 2.45) is 10.2 Å². The summed E-state index contributed by atoms with van der Waals surface area (Å²) in [4.78, 5) is 14.9. The van der Waals surface area contributed by atoms with Crippen LogP contribution in [0.5, 0.6) is 0 Å². The molecular formula is C16H15F3N4O2S. The second kappa shape index (κ2) is 6.35. The molecule has 1 atom stereocenters. The van der Waals surface area contributed by atoms with Crippen molar-refractivity contribution in [1.82, 2.24) is 9.55 Å². The highest BCUT2D eigenvalue weighted by Gasteiger charge is 2.65. The predicted molar refractivity (Wildman–Crippen MR) is 88.4 cm³/mol. The van der Waals surface area contributed by atoms with Crippen LogP contribution in [-0.4, -0.2) is 28.3 Å². The van der Waals surface area contributed by atoms with Crippen molar-refractivity contribution in [2.75, 3.05) is 6.61 Å². The number of alkyl halides is 3. The fourth-order valence-electron chi connectivity index (χ4n) is 2.71. The van der Waals surface area contributed by atoms with Crippen LogP contribution in [0.25, 0.3) is 0 Å². The van der Waals surface area contributed by atoms with Crippen LogP contribution >= 0.6 is 12.2 Å².